The summed E-state index contributed by atoms with van der Waals surface area (Å²) >= 11 is 6.94. The van der Waals surface area contributed by atoms with Crippen LogP contribution in [-0.4, -0.2) is 35.5 Å². The lowest BCUT2D eigenvalue weighted by Crippen LogP contribution is -2.44. The van der Waals surface area contributed by atoms with Crippen molar-refractivity contribution in [3.8, 4) is 5.75 Å². The van der Waals surface area contributed by atoms with Crippen LogP contribution in [0.5, 0.6) is 5.75 Å². The number of hydrogen-bond donors (Lipinski definition) is 2. The third kappa shape index (κ3) is 6.82. The summed E-state index contributed by atoms with van der Waals surface area (Å²) in [4.78, 5) is 39.8. The summed E-state index contributed by atoms with van der Waals surface area (Å²) < 4.78 is 10.5. The first-order valence-corrected chi connectivity index (χ1v) is 9.56. The van der Waals surface area contributed by atoms with E-state index in [0.29, 0.717) is 21.5 Å². The topological polar surface area (TPSA) is 107 Å². The molecule has 0 aliphatic carbocycles. The van der Waals surface area contributed by atoms with Crippen molar-refractivity contribution in [2.24, 2.45) is 0 Å². The molecule has 0 unspecified atom stereocenters. The maximum absolute atomic E-state index is 12.2. The standard InChI is InChI=1S/C18H20ClN3O5S/c1-10(2)20-18(25)22-14(23)8-27-17(24)16-11(3)21-15(28-16)9-26-13-6-4-12(19)5-7-13/h4-7,10H,8-9H2,1-3H3,(H2,20,22,23,25). The second-order valence-corrected chi connectivity index (χ2v) is 7.54. The van der Waals surface area contributed by atoms with E-state index in [9.17, 15) is 14.4 Å². The van der Waals surface area contributed by atoms with E-state index in [-0.39, 0.29) is 17.5 Å². The highest BCUT2D eigenvalue weighted by Gasteiger charge is 2.19. The van der Waals surface area contributed by atoms with Crippen molar-refractivity contribution in [1.29, 1.82) is 0 Å². The van der Waals surface area contributed by atoms with Gasteiger partial charge < -0.3 is 14.8 Å². The number of thiazole rings is 1. The fourth-order valence-electron chi connectivity index (χ4n) is 2.04. The number of esters is 1. The van der Waals surface area contributed by atoms with Crippen LogP contribution in [0.4, 0.5) is 4.79 Å². The van der Waals surface area contributed by atoms with Gasteiger partial charge in [0, 0.05) is 11.1 Å². The number of aryl methyl sites for hydroxylation is 1. The minimum atomic E-state index is -0.722. The monoisotopic (exact) mass is 425 g/mol. The Bertz CT molecular complexity index is 851. The van der Waals surface area contributed by atoms with Gasteiger partial charge in [0.2, 0.25) is 0 Å². The van der Waals surface area contributed by atoms with Crippen molar-refractivity contribution in [3.63, 3.8) is 0 Å². The van der Waals surface area contributed by atoms with Gasteiger partial charge in [-0.3, -0.25) is 10.1 Å². The number of nitrogens with one attached hydrogen (secondary N) is 2. The molecule has 0 spiro atoms. The number of urea groups is 1. The number of imide groups is 1. The first-order chi connectivity index (χ1) is 13.2. The molecule has 0 aliphatic rings. The molecule has 1 aromatic carbocycles. The fourth-order valence-corrected chi connectivity index (χ4v) is 3.03. The van der Waals surface area contributed by atoms with Crippen LogP contribution in [0.1, 0.15) is 34.2 Å². The Morgan fingerprint density at radius 1 is 1.21 bits per heavy atom. The van der Waals surface area contributed by atoms with Crippen LogP contribution >= 0.6 is 22.9 Å². The highest BCUT2D eigenvalue weighted by molar-refractivity contribution is 7.13. The maximum atomic E-state index is 12.2. The molecule has 0 atom stereocenters. The van der Waals surface area contributed by atoms with Gasteiger partial charge >= 0.3 is 12.0 Å². The summed E-state index contributed by atoms with van der Waals surface area (Å²) in [5.74, 6) is -0.787. The van der Waals surface area contributed by atoms with E-state index < -0.39 is 24.5 Å². The van der Waals surface area contributed by atoms with Crippen molar-refractivity contribution in [2.75, 3.05) is 6.61 Å². The normalized spacial score (nSPS) is 10.5. The van der Waals surface area contributed by atoms with Crippen molar-refractivity contribution in [2.45, 2.75) is 33.4 Å². The predicted molar refractivity (Wildman–Crippen MR) is 105 cm³/mol. The number of carbonyl (C=O) groups is 3. The SMILES string of the molecule is Cc1nc(COc2ccc(Cl)cc2)sc1C(=O)OCC(=O)NC(=O)NC(C)C. The molecule has 2 rings (SSSR count). The molecule has 0 radical (unpaired) electrons. The number of carbonyl (C=O) groups excluding carboxylic acids is 3. The van der Waals surface area contributed by atoms with Gasteiger partial charge in [-0.1, -0.05) is 11.6 Å². The number of rotatable bonds is 7. The quantitative estimate of drug-likeness (QED) is 0.660. The molecule has 8 nitrogen and oxygen atoms in total. The third-order valence-corrected chi connectivity index (χ3v) is 4.57. The fraction of sp³-hybridized carbons (Fsp3) is 0.333. The highest BCUT2D eigenvalue weighted by atomic mass is 35.5. The summed E-state index contributed by atoms with van der Waals surface area (Å²) in [6.07, 6.45) is 0. The van der Waals surface area contributed by atoms with E-state index in [4.69, 9.17) is 21.1 Å². The highest BCUT2D eigenvalue weighted by Crippen LogP contribution is 2.22. The predicted octanol–water partition coefficient (Wildman–Crippen LogP) is 3.07. The molecule has 150 valence electrons. The molecule has 2 N–H and O–H groups in total. The summed E-state index contributed by atoms with van der Waals surface area (Å²) in [6, 6.07) is 6.10. The summed E-state index contributed by atoms with van der Waals surface area (Å²) in [6.45, 7) is 4.78. The Hall–Kier alpha value is -2.65. The Morgan fingerprint density at radius 2 is 1.89 bits per heavy atom. The van der Waals surface area contributed by atoms with Crippen LogP contribution in [0.2, 0.25) is 5.02 Å². The van der Waals surface area contributed by atoms with E-state index in [2.05, 4.69) is 15.6 Å². The summed E-state index contributed by atoms with van der Waals surface area (Å²) in [7, 11) is 0. The van der Waals surface area contributed by atoms with Crippen molar-refractivity contribution >= 4 is 40.8 Å². The van der Waals surface area contributed by atoms with Gasteiger partial charge in [-0.25, -0.2) is 14.6 Å². The van der Waals surface area contributed by atoms with Gasteiger partial charge in [0.1, 0.15) is 22.2 Å². The van der Waals surface area contributed by atoms with Gasteiger partial charge in [-0.05, 0) is 45.0 Å². The zero-order valence-electron chi connectivity index (χ0n) is 15.6. The van der Waals surface area contributed by atoms with Crippen LogP contribution < -0.4 is 15.4 Å². The zero-order valence-corrected chi connectivity index (χ0v) is 17.1. The number of halogens is 1. The number of benzene rings is 1. The van der Waals surface area contributed by atoms with Gasteiger partial charge in [-0.2, -0.15) is 0 Å². The smallest absolute Gasteiger partial charge is 0.350 e. The van der Waals surface area contributed by atoms with E-state index in [1.54, 1.807) is 45.0 Å². The average Bonchev–Trinajstić information content (AvgIpc) is 2.99. The average molecular weight is 426 g/mol. The Morgan fingerprint density at radius 3 is 2.54 bits per heavy atom. The van der Waals surface area contributed by atoms with Crippen molar-refractivity contribution in [3.05, 3.63) is 44.9 Å². The first-order valence-electron chi connectivity index (χ1n) is 8.36. The molecule has 0 fully saturated rings. The third-order valence-electron chi connectivity index (χ3n) is 3.21. The number of amides is 3. The number of aromatic nitrogens is 1. The molecule has 0 bridgehead atoms. The van der Waals surface area contributed by atoms with Crippen LogP contribution in [0.25, 0.3) is 0 Å². The van der Waals surface area contributed by atoms with Crippen LogP contribution in [0.3, 0.4) is 0 Å². The van der Waals surface area contributed by atoms with Gasteiger partial charge in [0.05, 0.1) is 5.69 Å². The molecule has 3 amide bonds. The van der Waals surface area contributed by atoms with Gasteiger partial charge in [0.15, 0.2) is 6.61 Å². The molecule has 1 aromatic heterocycles. The second kappa shape index (κ2) is 10.0. The van der Waals surface area contributed by atoms with E-state index in [1.165, 1.54) is 0 Å². The molecule has 2 aromatic rings. The van der Waals surface area contributed by atoms with Crippen molar-refractivity contribution < 1.29 is 23.9 Å². The lowest BCUT2D eigenvalue weighted by Gasteiger charge is -2.09. The number of ether oxygens (including phenoxy) is 2. The minimum Gasteiger partial charge on any atom is -0.486 e. The molecule has 0 saturated heterocycles. The van der Waals surface area contributed by atoms with Crippen LogP contribution in [0, 0.1) is 6.92 Å². The first kappa shape index (κ1) is 21.6. The molecule has 28 heavy (non-hydrogen) atoms. The Labute approximate surface area is 171 Å². The Kier molecular flexibility index (Phi) is 7.77. The van der Waals surface area contributed by atoms with E-state index in [1.807, 2.05) is 0 Å². The molecular formula is C18H20ClN3O5S. The summed E-state index contributed by atoms with van der Waals surface area (Å²) in [5, 5.41) is 5.76. The molecule has 10 heteroatoms. The minimum absolute atomic E-state index is 0.122. The molecule has 0 aliphatic heterocycles. The van der Waals surface area contributed by atoms with Crippen molar-refractivity contribution in [1.82, 2.24) is 15.6 Å². The number of nitrogens with zero attached hydrogens (tertiary/aromatic N) is 1. The summed E-state index contributed by atoms with van der Waals surface area (Å²) in [5.41, 5.74) is 0.475. The molecule has 1 heterocycles. The molecular weight excluding hydrogens is 406 g/mol. The lowest BCUT2D eigenvalue weighted by atomic mass is 10.3. The van der Waals surface area contributed by atoms with E-state index in [0.717, 1.165) is 11.3 Å². The maximum Gasteiger partial charge on any atom is 0.350 e. The van der Waals surface area contributed by atoms with Crippen LogP contribution in [0.15, 0.2) is 24.3 Å². The largest absolute Gasteiger partial charge is 0.486 e. The van der Waals surface area contributed by atoms with Gasteiger partial charge in [-0.15, -0.1) is 11.3 Å². The molecule has 0 saturated carbocycles. The number of hydrogen-bond acceptors (Lipinski definition) is 7. The second-order valence-electron chi connectivity index (χ2n) is 6.02. The van der Waals surface area contributed by atoms with E-state index >= 15 is 0 Å². The van der Waals surface area contributed by atoms with Crippen LogP contribution in [-0.2, 0) is 16.1 Å². The Balaban J connectivity index is 1.85. The zero-order chi connectivity index (χ0) is 20.7. The van der Waals surface area contributed by atoms with Gasteiger partial charge in [0.25, 0.3) is 5.91 Å². The lowest BCUT2D eigenvalue weighted by molar-refractivity contribution is -0.123.